The van der Waals surface area contributed by atoms with Gasteiger partial charge in [0.05, 0.1) is 0 Å². The zero-order valence-corrected chi connectivity index (χ0v) is 17.9. The fourth-order valence-corrected chi connectivity index (χ4v) is 4.76. The van der Waals surface area contributed by atoms with E-state index in [2.05, 4.69) is 20.2 Å². The van der Waals surface area contributed by atoms with E-state index in [0.717, 1.165) is 71.4 Å². The van der Waals surface area contributed by atoms with Crippen LogP contribution in [-0.4, -0.2) is 82.9 Å². The first-order valence-corrected chi connectivity index (χ1v) is 11.6. The molecule has 1 aromatic rings. The zero-order valence-electron chi connectivity index (χ0n) is 17.9. The predicted molar refractivity (Wildman–Crippen MR) is 113 cm³/mol. The van der Waals surface area contributed by atoms with Crippen LogP contribution in [0.25, 0.3) is 0 Å². The van der Waals surface area contributed by atoms with Crippen molar-refractivity contribution in [1.82, 2.24) is 24.9 Å². The minimum absolute atomic E-state index is 0.0617. The third-order valence-electron chi connectivity index (χ3n) is 6.58. The molecule has 2 amide bonds. The third-order valence-corrected chi connectivity index (χ3v) is 6.58. The molecule has 0 spiro atoms. The monoisotopic (exact) mass is 417 g/mol. The number of rotatable bonds is 9. The maximum atomic E-state index is 12.6. The highest BCUT2D eigenvalue weighted by Crippen LogP contribution is 2.32. The molecule has 1 aromatic heterocycles. The van der Waals surface area contributed by atoms with Gasteiger partial charge in [-0.1, -0.05) is 0 Å². The lowest BCUT2D eigenvalue weighted by Gasteiger charge is -2.44. The summed E-state index contributed by atoms with van der Waals surface area (Å²) in [6.07, 6.45) is 10.4. The van der Waals surface area contributed by atoms with E-state index in [-0.39, 0.29) is 11.8 Å². The number of aromatic nitrogens is 2. The van der Waals surface area contributed by atoms with Gasteiger partial charge in [0.2, 0.25) is 11.8 Å². The highest BCUT2D eigenvalue weighted by Gasteiger charge is 2.37. The summed E-state index contributed by atoms with van der Waals surface area (Å²) in [5.74, 6) is 0.708. The van der Waals surface area contributed by atoms with Gasteiger partial charge in [-0.3, -0.25) is 19.2 Å². The molecule has 1 N–H and O–H groups in total. The molecule has 0 radical (unpaired) electrons. The molecule has 2 aliphatic heterocycles. The van der Waals surface area contributed by atoms with E-state index < -0.39 is 0 Å². The Bertz CT molecular complexity index is 685. The van der Waals surface area contributed by atoms with Gasteiger partial charge in [-0.2, -0.15) is 5.10 Å². The second-order valence-electron chi connectivity index (χ2n) is 8.81. The van der Waals surface area contributed by atoms with Gasteiger partial charge in [0.1, 0.15) is 0 Å². The summed E-state index contributed by atoms with van der Waals surface area (Å²) in [7, 11) is 0. The molecule has 4 rings (SSSR count). The van der Waals surface area contributed by atoms with E-state index in [0.29, 0.717) is 37.5 Å². The van der Waals surface area contributed by atoms with Crippen LogP contribution in [0.2, 0.25) is 0 Å². The van der Waals surface area contributed by atoms with E-state index in [1.54, 1.807) is 10.9 Å². The van der Waals surface area contributed by atoms with E-state index in [1.165, 1.54) is 0 Å². The first-order valence-electron chi connectivity index (χ1n) is 11.6. The van der Waals surface area contributed by atoms with Crippen molar-refractivity contribution in [1.29, 1.82) is 0 Å². The van der Waals surface area contributed by atoms with E-state index in [1.807, 2.05) is 12.3 Å². The summed E-state index contributed by atoms with van der Waals surface area (Å²) >= 11 is 0. The summed E-state index contributed by atoms with van der Waals surface area (Å²) < 4.78 is 7.36. The van der Waals surface area contributed by atoms with Gasteiger partial charge >= 0.3 is 0 Å². The summed E-state index contributed by atoms with van der Waals surface area (Å²) in [5.41, 5.74) is 0. The van der Waals surface area contributed by atoms with Crippen molar-refractivity contribution in [3.05, 3.63) is 18.5 Å². The van der Waals surface area contributed by atoms with E-state index in [9.17, 15) is 9.59 Å². The van der Waals surface area contributed by atoms with E-state index in [4.69, 9.17) is 4.74 Å². The van der Waals surface area contributed by atoms with Crippen molar-refractivity contribution >= 4 is 11.8 Å². The van der Waals surface area contributed by atoms with Crippen molar-refractivity contribution in [2.24, 2.45) is 5.92 Å². The first-order chi connectivity index (χ1) is 14.7. The maximum absolute atomic E-state index is 12.6. The molecule has 8 nitrogen and oxygen atoms in total. The molecular weight excluding hydrogens is 382 g/mol. The Balaban J connectivity index is 1.29. The number of likely N-dealkylation sites (tertiary alicyclic amines) is 1. The summed E-state index contributed by atoms with van der Waals surface area (Å²) in [5, 5.41) is 7.22. The zero-order chi connectivity index (χ0) is 20.8. The normalized spacial score (nSPS) is 23.0. The largest absolute Gasteiger partial charge is 0.381 e. The minimum atomic E-state index is 0.0617. The van der Waals surface area contributed by atoms with E-state index >= 15 is 0 Å². The SMILES string of the molecule is O=C(CCn1cccn1)NCCN(C1CCOCC1)C1CCCN(C(=O)C2CC2)C1. The smallest absolute Gasteiger partial charge is 0.225 e. The molecule has 0 aromatic carbocycles. The number of carbonyl (C=O) groups excluding carboxylic acids is 2. The van der Waals surface area contributed by atoms with Crippen LogP contribution in [0.3, 0.4) is 0 Å². The number of piperidine rings is 1. The topological polar surface area (TPSA) is 79.7 Å². The number of amides is 2. The highest BCUT2D eigenvalue weighted by molar-refractivity contribution is 5.81. The van der Waals surface area contributed by atoms with Crippen molar-refractivity contribution in [2.75, 3.05) is 39.4 Å². The third kappa shape index (κ3) is 5.82. The molecule has 8 heteroatoms. The number of aryl methyl sites for hydroxylation is 1. The van der Waals surface area contributed by atoms with Gasteiger partial charge in [-0.05, 0) is 44.6 Å². The molecule has 3 heterocycles. The van der Waals surface area contributed by atoms with Crippen LogP contribution in [0, 0.1) is 5.92 Å². The average Bonchev–Trinajstić information content (AvgIpc) is 3.50. The molecule has 1 saturated carbocycles. The van der Waals surface area contributed by atoms with Gasteiger partial charge in [-0.25, -0.2) is 0 Å². The number of hydrogen-bond donors (Lipinski definition) is 1. The van der Waals surface area contributed by atoms with Crippen LogP contribution < -0.4 is 5.32 Å². The highest BCUT2D eigenvalue weighted by atomic mass is 16.5. The Hall–Kier alpha value is -1.93. The van der Waals surface area contributed by atoms with Gasteiger partial charge in [0.15, 0.2) is 0 Å². The molecule has 0 bridgehead atoms. The van der Waals surface area contributed by atoms with Crippen LogP contribution in [0.1, 0.15) is 44.9 Å². The van der Waals surface area contributed by atoms with Gasteiger partial charge in [0, 0.05) is 82.8 Å². The Labute approximate surface area is 178 Å². The molecule has 1 atom stereocenters. The molecule has 1 aliphatic carbocycles. The number of ether oxygens (including phenoxy) is 1. The minimum Gasteiger partial charge on any atom is -0.381 e. The van der Waals surface area contributed by atoms with Crippen molar-refractivity contribution in [3.8, 4) is 0 Å². The first kappa shape index (κ1) is 21.3. The summed E-state index contributed by atoms with van der Waals surface area (Å²) in [6, 6.07) is 2.72. The second-order valence-corrected chi connectivity index (χ2v) is 8.81. The van der Waals surface area contributed by atoms with Crippen molar-refractivity contribution < 1.29 is 14.3 Å². The fraction of sp³-hybridized carbons (Fsp3) is 0.773. The average molecular weight is 418 g/mol. The molecule has 3 aliphatic rings. The standard InChI is InChI=1S/C22H35N5O3/c28-21(6-13-26-12-2-9-24-26)23-10-14-27(19-7-15-30-16-8-19)20-3-1-11-25(17-20)22(29)18-4-5-18/h2,9,12,18-20H,1,3-8,10-11,13-17H2,(H,23,28). The number of hydrogen-bond acceptors (Lipinski definition) is 5. The van der Waals surface area contributed by atoms with Crippen LogP contribution in [0.5, 0.6) is 0 Å². The molecule has 166 valence electrons. The van der Waals surface area contributed by atoms with Gasteiger partial charge < -0.3 is 15.0 Å². The summed E-state index contributed by atoms with van der Waals surface area (Å²) in [6.45, 7) is 5.40. The quantitative estimate of drug-likeness (QED) is 0.655. The Morgan fingerprint density at radius 2 is 1.97 bits per heavy atom. The number of nitrogens with one attached hydrogen (secondary N) is 1. The maximum Gasteiger partial charge on any atom is 0.225 e. The lowest BCUT2D eigenvalue weighted by molar-refractivity contribution is -0.135. The molecule has 2 saturated heterocycles. The Kier molecular flexibility index (Phi) is 7.38. The van der Waals surface area contributed by atoms with Crippen LogP contribution in [0.4, 0.5) is 0 Å². The molecule has 3 fully saturated rings. The van der Waals surface area contributed by atoms with Crippen molar-refractivity contribution in [2.45, 2.75) is 63.6 Å². The molecular formula is C22H35N5O3. The molecule has 30 heavy (non-hydrogen) atoms. The predicted octanol–water partition coefficient (Wildman–Crippen LogP) is 1.27. The Morgan fingerprint density at radius 1 is 1.13 bits per heavy atom. The lowest BCUT2D eigenvalue weighted by Crippen LogP contribution is -2.55. The number of nitrogens with zero attached hydrogens (tertiary/aromatic N) is 4. The molecule has 1 unspecified atom stereocenters. The number of carbonyl (C=O) groups is 2. The van der Waals surface area contributed by atoms with Crippen LogP contribution in [-0.2, 0) is 20.9 Å². The van der Waals surface area contributed by atoms with Gasteiger partial charge in [-0.15, -0.1) is 0 Å². The Morgan fingerprint density at radius 3 is 2.70 bits per heavy atom. The van der Waals surface area contributed by atoms with Gasteiger partial charge in [0.25, 0.3) is 0 Å². The van der Waals surface area contributed by atoms with Crippen molar-refractivity contribution in [3.63, 3.8) is 0 Å². The summed E-state index contributed by atoms with van der Waals surface area (Å²) in [4.78, 5) is 29.5. The fourth-order valence-electron chi connectivity index (χ4n) is 4.76. The lowest BCUT2D eigenvalue weighted by atomic mass is 9.98. The second kappa shape index (κ2) is 10.4. The van der Waals surface area contributed by atoms with Crippen LogP contribution >= 0.6 is 0 Å². The van der Waals surface area contributed by atoms with Crippen LogP contribution in [0.15, 0.2) is 18.5 Å².